The van der Waals surface area contributed by atoms with Crippen molar-refractivity contribution in [3.8, 4) is 0 Å². The van der Waals surface area contributed by atoms with Gasteiger partial charge in [0.1, 0.15) is 5.84 Å². The van der Waals surface area contributed by atoms with Gasteiger partial charge in [0.25, 0.3) is 0 Å². The number of nitrogens with zero attached hydrogens (tertiary/aromatic N) is 1. The monoisotopic (exact) mass is 374 g/mol. The summed E-state index contributed by atoms with van der Waals surface area (Å²) in [7, 11) is 0. The molecule has 3 heteroatoms. The summed E-state index contributed by atoms with van der Waals surface area (Å²) in [4.78, 5) is 2.41. The molecule has 1 N–H and O–H groups in total. The first kappa shape index (κ1) is 15.7. The largest absolute Gasteiger partial charge is 0.349 e. The Bertz CT molecular complexity index is 603. The van der Waals surface area contributed by atoms with Crippen LogP contribution in [0.15, 0.2) is 24.3 Å². The zero-order chi connectivity index (χ0) is 14.9. The minimum atomic E-state index is 0. The Labute approximate surface area is 149 Å². The molecule has 1 atom stereocenters. The highest BCUT2D eigenvalue weighted by molar-refractivity contribution is 8.93. The third-order valence-corrected chi connectivity index (χ3v) is 7.34. The molecule has 1 unspecified atom stereocenters. The lowest BCUT2D eigenvalue weighted by Gasteiger charge is -2.60. The molecule has 1 aliphatic heterocycles. The Kier molecular flexibility index (Phi) is 3.64. The van der Waals surface area contributed by atoms with Crippen LogP contribution in [0.2, 0.25) is 0 Å². The van der Waals surface area contributed by atoms with E-state index in [1.165, 1.54) is 49.7 Å². The first-order chi connectivity index (χ1) is 10.6. The molecule has 5 aliphatic rings. The van der Waals surface area contributed by atoms with Gasteiger partial charge < -0.3 is 4.90 Å². The number of halogens is 1. The molecular formula is C20H27BrN2. The zero-order valence-corrected chi connectivity index (χ0v) is 15.6. The summed E-state index contributed by atoms with van der Waals surface area (Å²) in [5.74, 6) is 3.76. The molecular weight excluding hydrogens is 348 g/mol. The highest BCUT2D eigenvalue weighted by Gasteiger charge is 2.54. The maximum atomic E-state index is 8.65. The van der Waals surface area contributed by atoms with Crippen molar-refractivity contribution in [2.24, 2.45) is 23.2 Å². The third-order valence-electron chi connectivity index (χ3n) is 7.34. The first-order valence-electron chi connectivity index (χ1n) is 9.08. The van der Waals surface area contributed by atoms with E-state index in [1.54, 1.807) is 0 Å². The van der Waals surface area contributed by atoms with Gasteiger partial charge in [-0.25, -0.2) is 0 Å². The van der Waals surface area contributed by atoms with Gasteiger partial charge in [-0.2, -0.15) is 0 Å². The van der Waals surface area contributed by atoms with Crippen LogP contribution in [0.3, 0.4) is 0 Å². The predicted octanol–water partition coefficient (Wildman–Crippen LogP) is 5.01. The number of amidine groups is 1. The third kappa shape index (κ3) is 2.22. The molecule has 2 nitrogen and oxygen atoms in total. The van der Waals surface area contributed by atoms with Crippen molar-refractivity contribution in [3.63, 3.8) is 0 Å². The van der Waals surface area contributed by atoms with Crippen LogP contribution >= 0.6 is 17.0 Å². The van der Waals surface area contributed by atoms with Gasteiger partial charge >= 0.3 is 0 Å². The van der Waals surface area contributed by atoms with Crippen LogP contribution in [-0.2, 0) is 6.54 Å². The van der Waals surface area contributed by atoms with E-state index in [1.807, 2.05) is 0 Å². The lowest BCUT2D eigenvalue weighted by atomic mass is 9.47. The van der Waals surface area contributed by atoms with Gasteiger partial charge in [0.15, 0.2) is 0 Å². The SMILES string of the molecule is Br.CC(N1Cc2ccccc2C1=N)C12CC3CC(CC(C3)C1)C2. The fourth-order valence-electron chi connectivity index (χ4n) is 6.66. The summed E-state index contributed by atoms with van der Waals surface area (Å²) in [5.41, 5.74) is 3.02. The molecule has 1 heterocycles. The summed E-state index contributed by atoms with van der Waals surface area (Å²) >= 11 is 0. The molecule has 4 saturated carbocycles. The van der Waals surface area contributed by atoms with Crippen LogP contribution in [0.1, 0.15) is 56.6 Å². The minimum Gasteiger partial charge on any atom is -0.349 e. The van der Waals surface area contributed by atoms with E-state index in [0.29, 0.717) is 11.5 Å². The molecule has 23 heavy (non-hydrogen) atoms. The topological polar surface area (TPSA) is 27.1 Å². The van der Waals surface area contributed by atoms with Crippen molar-refractivity contribution in [2.45, 2.75) is 58.0 Å². The molecule has 0 saturated heterocycles. The van der Waals surface area contributed by atoms with Crippen molar-refractivity contribution in [1.82, 2.24) is 4.90 Å². The summed E-state index contributed by atoms with van der Waals surface area (Å²) in [6.45, 7) is 3.38. The van der Waals surface area contributed by atoms with Crippen molar-refractivity contribution in [3.05, 3.63) is 35.4 Å². The van der Waals surface area contributed by atoms with Gasteiger partial charge in [-0.15, -0.1) is 17.0 Å². The summed E-state index contributed by atoms with van der Waals surface area (Å²) in [6, 6.07) is 9.05. The highest BCUT2D eigenvalue weighted by atomic mass is 79.9. The molecule has 0 spiro atoms. The van der Waals surface area contributed by atoms with Crippen molar-refractivity contribution in [2.75, 3.05) is 0 Å². The van der Waals surface area contributed by atoms with Crippen molar-refractivity contribution < 1.29 is 0 Å². The Morgan fingerprint density at radius 1 is 1.04 bits per heavy atom. The molecule has 1 aromatic rings. The van der Waals surface area contributed by atoms with Gasteiger partial charge in [0.2, 0.25) is 0 Å². The number of hydrogen-bond acceptors (Lipinski definition) is 1. The predicted molar refractivity (Wildman–Crippen MR) is 99.2 cm³/mol. The highest BCUT2D eigenvalue weighted by Crippen LogP contribution is 2.62. The van der Waals surface area contributed by atoms with E-state index in [2.05, 4.69) is 36.1 Å². The van der Waals surface area contributed by atoms with Crippen LogP contribution in [-0.4, -0.2) is 16.8 Å². The smallest absolute Gasteiger partial charge is 0.128 e. The average Bonchev–Trinajstić information content (AvgIpc) is 2.83. The Morgan fingerprint density at radius 3 is 2.17 bits per heavy atom. The van der Waals surface area contributed by atoms with Crippen molar-refractivity contribution in [1.29, 1.82) is 5.41 Å². The lowest BCUT2D eigenvalue weighted by Crippen LogP contribution is -2.55. The van der Waals surface area contributed by atoms with Crippen LogP contribution in [0.4, 0.5) is 0 Å². The lowest BCUT2D eigenvalue weighted by molar-refractivity contribution is -0.0861. The van der Waals surface area contributed by atoms with Crippen LogP contribution in [0, 0.1) is 28.6 Å². The molecule has 0 radical (unpaired) electrons. The summed E-state index contributed by atoms with van der Waals surface area (Å²) < 4.78 is 0. The maximum absolute atomic E-state index is 8.65. The Morgan fingerprint density at radius 2 is 1.61 bits per heavy atom. The minimum absolute atomic E-state index is 0. The normalized spacial score (nSPS) is 38.4. The van der Waals surface area contributed by atoms with Gasteiger partial charge in [0.05, 0.1) is 0 Å². The molecule has 4 fully saturated rings. The van der Waals surface area contributed by atoms with E-state index in [4.69, 9.17) is 5.41 Å². The number of benzene rings is 1. The van der Waals surface area contributed by atoms with Crippen LogP contribution < -0.4 is 0 Å². The van der Waals surface area contributed by atoms with Gasteiger partial charge in [0, 0.05) is 18.2 Å². The van der Waals surface area contributed by atoms with Crippen LogP contribution in [0.5, 0.6) is 0 Å². The molecule has 4 aliphatic carbocycles. The molecule has 0 amide bonds. The average molecular weight is 375 g/mol. The zero-order valence-electron chi connectivity index (χ0n) is 13.9. The first-order valence-corrected chi connectivity index (χ1v) is 9.08. The second-order valence-corrected chi connectivity index (χ2v) is 8.59. The number of hydrogen-bond donors (Lipinski definition) is 1. The molecule has 4 bridgehead atoms. The number of fused-ring (bicyclic) bond motifs is 1. The van der Waals surface area contributed by atoms with Gasteiger partial charge in [-0.05, 0) is 74.2 Å². The maximum Gasteiger partial charge on any atom is 0.128 e. The quantitative estimate of drug-likeness (QED) is 0.773. The van der Waals surface area contributed by atoms with E-state index in [0.717, 1.165) is 30.1 Å². The molecule has 1 aromatic carbocycles. The second-order valence-electron chi connectivity index (χ2n) is 8.59. The standard InChI is InChI=1S/C20H26N2.BrH/c1-13(22-12-17-4-2-3-5-18(17)19(22)21)20-9-14-6-15(10-20)8-16(7-14)11-20;/h2-5,13-16,21H,6-12H2,1H3;1H. The van der Waals surface area contributed by atoms with E-state index in [9.17, 15) is 0 Å². The summed E-state index contributed by atoms with van der Waals surface area (Å²) in [6.07, 6.45) is 8.80. The van der Waals surface area contributed by atoms with Crippen molar-refractivity contribution >= 4 is 22.8 Å². The molecule has 124 valence electrons. The van der Waals surface area contributed by atoms with Gasteiger partial charge in [-0.3, -0.25) is 5.41 Å². The fraction of sp³-hybridized carbons (Fsp3) is 0.650. The second kappa shape index (κ2) is 5.34. The van der Waals surface area contributed by atoms with E-state index in [-0.39, 0.29) is 17.0 Å². The number of rotatable bonds is 2. The van der Waals surface area contributed by atoms with Gasteiger partial charge in [-0.1, -0.05) is 24.3 Å². The fourth-order valence-corrected chi connectivity index (χ4v) is 6.66. The molecule has 0 aromatic heterocycles. The number of nitrogens with one attached hydrogen (secondary N) is 1. The van der Waals surface area contributed by atoms with Crippen LogP contribution in [0.25, 0.3) is 0 Å². The summed E-state index contributed by atoms with van der Waals surface area (Å²) in [5, 5.41) is 8.65. The Balaban J connectivity index is 0.00000135. The molecule has 6 rings (SSSR count). The van der Waals surface area contributed by atoms with E-state index < -0.39 is 0 Å². The van der Waals surface area contributed by atoms with E-state index >= 15 is 0 Å². The Hall–Kier alpha value is -0.830.